The van der Waals surface area contributed by atoms with Gasteiger partial charge in [0.1, 0.15) is 0 Å². The van der Waals surface area contributed by atoms with Crippen LogP contribution >= 0.6 is 0 Å². The van der Waals surface area contributed by atoms with Gasteiger partial charge in [-0.2, -0.15) is 0 Å². The molecule has 40 heavy (non-hydrogen) atoms. The highest BCUT2D eigenvalue weighted by molar-refractivity contribution is 5.41. The average Bonchev–Trinajstić information content (AvgIpc) is 3.91. The van der Waals surface area contributed by atoms with Crippen molar-refractivity contribution in [1.82, 2.24) is 16.0 Å². The normalized spacial score (nSPS) is 18.1. The van der Waals surface area contributed by atoms with Crippen LogP contribution in [0.15, 0.2) is 72.7 Å². The molecule has 3 heteroatoms. The molecule has 4 rings (SSSR count). The van der Waals surface area contributed by atoms with Gasteiger partial charge in [0.15, 0.2) is 0 Å². The van der Waals surface area contributed by atoms with Crippen LogP contribution in [0.2, 0.25) is 0 Å². The summed E-state index contributed by atoms with van der Waals surface area (Å²) in [6, 6.07) is 0.641. The Hall–Kier alpha value is -2.00. The van der Waals surface area contributed by atoms with Gasteiger partial charge in [-0.1, -0.05) is 85.4 Å². The quantitative estimate of drug-likeness (QED) is 0.175. The van der Waals surface area contributed by atoms with Crippen LogP contribution in [0.4, 0.5) is 0 Å². The highest BCUT2D eigenvalue weighted by atomic mass is 15.0. The molecule has 1 saturated heterocycles. The van der Waals surface area contributed by atoms with Crippen molar-refractivity contribution in [3.63, 3.8) is 0 Å². The third-order valence-electron chi connectivity index (χ3n) is 6.92. The maximum absolute atomic E-state index is 4.26. The zero-order valence-corrected chi connectivity index (χ0v) is 28.2. The summed E-state index contributed by atoms with van der Waals surface area (Å²) < 4.78 is 0. The summed E-state index contributed by atoms with van der Waals surface area (Å²) in [6.45, 7) is 35.2. The van der Waals surface area contributed by atoms with E-state index < -0.39 is 0 Å². The lowest BCUT2D eigenvalue weighted by atomic mass is 9.92. The van der Waals surface area contributed by atoms with Crippen LogP contribution in [0.5, 0.6) is 0 Å². The predicted octanol–water partition coefficient (Wildman–Crippen LogP) is 10.4. The molecule has 232 valence electrons. The molecule has 4 aliphatic rings. The molecule has 0 amide bonds. The van der Waals surface area contributed by atoms with E-state index in [2.05, 4.69) is 55.3 Å². The Kier molecular flexibility index (Phi) is 27.3. The van der Waals surface area contributed by atoms with Crippen LogP contribution in [0.1, 0.15) is 126 Å². The Bertz CT molecular complexity index is 715. The molecule has 0 bridgehead atoms. The second kappa shape index (κ2) is 27.2. The maximum Gasteiger partial charge on any atom is 0.0395 e. The summed E-state index contributed by atoms with van der Waals surface area (Å²) in [5.74, 6) is 1.61. The number of rotatable bonds is 11. The Morgan fingerprint density at radius 3 is 1.68 bits per heavy atom. The van der Waals surface area contributed by atoms with Crippen molar-refractivity contribution in [2.75, 3.05) is 19.6 Å². The van der Waals surface area contributed by atoms with E-state index in [-0.39, 0.29) is 0 Å². The summed E-state index contributed by atoms with van der Waals surface area (Å²) >= 11 is 0. The van der Waals surface area contributed by atoms with E-state index in [1.165, 1.54) is 99.7 Å². The number of allylic oxidation sites excluding steroid dienone is 6. The van der Waals surface area contributed by atoms with E-state index in [9.17, 15) is 0 Å². The molecule has 0 aromatic heterocycles. The minimum Gasteiger partial charge on any atom is -0.385 e. The van der Waals surface area contributed by atoms with Crippen molar-refractivity contribution >= 4 is 0 Å². The van der Waals surface area contributed by atoms with Gasteiger partial charge in [0.05, 0.1) is 0 Å². The molecule has 1 heterocycles. The maximum atomic E-state index is 4.26. The Morgan fingerprint density at radius 2 is 1.38 bits per heavy atom. The number of hydrogen-bond acceptors (Lipinski definition) is 3. The van der Waals surface area contributed by atoms with Crippen LogP contribution in [0.3, 0.4) is 0 Å². The monoisotopic (exact) mass is 556 g/mol. The fourth-order valence-electron chi connectivity index (χ4n) is 3.89. The van der Waals surface area contributed by atoms with Gasteiger partial charge in [-0.15, -0.1) is 6.58 Å². The summed E-state index contributed by atoms with van der Waals surface area (Å²) in [7, 11) is 0. The van der Waals surface area contributed by atoms with Gasteiger partial charge in [-0.3, -0.25) is 0 Å². The topological polar surface area (TPSA) is 36.1 Å². The van der Waals surface area contributed by atoms with E-state index >= 15 is 0 Å². The minimum atomic E-state index is 0.641. The van der Waals surface area contributed by atoms with Crippen molar-refractivity contribution in [2.24, 2.45) is 11.8 Å². The van der Waals surface area contributed by atoms with Crippen LogP contribution in [0.25, 0.3) is 0 Å². The first-order chi connectivity index (χ1) is 19.4. The molecule has 0 atom stereocenters. The van der Waals surface area contributed by atoms with Gasteiger partial charge in [0.2, 0.25) is 0 Å². The van der Waals surface area contributed by atoms with E-state index in [0.29, 0.717) is 6.04 Å². The van der Waals surface area contributed by atoms with Crippen LogP contribution in [-0.4, -0.2) is 25.7 Å². The van der Waals surface area contributed by atoms with Gasteiger partial charge in [-0.05, 0) is 120 Å². The van der Waals surface area contributed by atoms with Crippen molar-refractivity contribution in [2.45, 2.75) is 132 Å². The van der Waals surface area contributed by atoms with Gasteiger partial charge >= 0.3 is 0 Å². The third kappa shape index (κ3) is 20.8. The van der Waals surface area contributed by atoms with Crippen molar-refractivity contribution in [1.29, 1.82) is 0 Å². The molecular weight excluding hydrogens is 486 g/mol. The number of hydrogen-bond donors (Lipinski definition) is 3. The fraction of sp³-hybridized carbons (Fsp3) is 0.676. The highest BCUT2D eigenvalue weighted by Crippen LogP contribution is 2.38. The van der Waals surface area contributed by atoms with Gasteiger partial charge in [0, 0.05) is 24.0 Å². The Labute approximate surface area is 251 Å². The molecule has 4 fully saturated rings. The van der Waals surface area contributed by atoms with Crippen LogP contribution in [0, 0.1) is 11.8 Å². The number of piperidine rings is 1. The lowest BCUT2D eigenvalue weighted by Gasteiger charge is -2.29. The molecule has 3 saturated carbocycles. The zero-order valence-electron chi connectivity index (χ0n) is 28.2. The molecule has 0 unspecified atom stereocenters. The van der Waals surface area contributed by atoms with E-state index in [1.807, 2.05) is 60.6 Å². The molecular formula is C37H69N3. The second-order valence-electron chi connectivity index (χ2n) is 10.5. The van der Waals surface area contributed by atoms with Crippen molar-refractivity contribution in [3.8, 4) is 0 Å². The number of nitrogens with one attached hydrogen (secondary N) is 3. The first kappa shape index (κ1) is 40.1. The molecule has 0 radical (unpaired) electrons. The summed E-state index contributed by atoms with van der Waals surface area (Å²) in [5.41, 5.74) is 6.14. The first-order valence-corrected chi connectivity index (χ1v) is 16.6. The third-order valence-corrected chi connectivity index (χ3v) is 6.92. The van der Waals surface area contributed by atoms with E-state index in [0.717, 1.165) is 30.5 Å². The molecule has 3 aliphatic carbocycles. The van der Waals surface area contributed by atoms with Crippen molar-refractivity contribution in [3.05, 3.63) is 72.7 Å². The van der Waals surface area contributed by atoms with Crippen LogP contribution in [-0.2, 0) is 0 Å². The standard InChI is InChI=1S/C20H30N2.C6H10.C5H11N.3C2H6/c1-4-17(18-10-11-18)12-20(22-19-6-5-7-19)14(2)15(3)21-13-16-8-9-16;1-4-5-6(2)3;1-2-4-6-5-3-1;3*1-2/h4,12,16,18-19,21-22H,1,3,5-11,13H2,2H3;4H,1-2,5H2,3H3;6H,1-5H2;3*1-2H3/b17-12+,20-14-;;;;;. The Balaban J connectivity index is 0. The Morgan fingerprint density at radius 1 is 0.800 bits per heavy atom. The van der Waals surface area contributed by atoms with Crippen molar-refractivity contribution < 1.29 is 0 Å². The average molecular weight is 556 g/mol. The summed E-state index contributed by atoms with van der Waals surface area (Å²) in [6.07, 6.45) is 20.7. The smallest absolute Gasteiger partial charge is 0.0395 e. The molecule has 0 spiro atoms. The van der Waals surface area contributed by atoms with E-state index in [1.54, 1.807) is 0 Å². The molecule has 3 N–H and O–H groups in total. The lowest BCUT2D eigenvalue weighted by Crippen LogP contribution is -2.35. The summed E-state index contributed by atoms with van der Waals surface area (Å²) in [5, 5.41) is 10.5. The SMILES string of the molecule is C1CCNCC1.C=C/C(=C\C(NC1CCC1)=C(/C)C(=C)NCC1CC1)C1CC1.C=CCC(=C)C.CC.CC.CC. The van der Waals surface area contributed by atoms with Crippen LogP contribution < -0.4 is 16.0 Å². The minimum absolute atomic E-state index is 0.641. The lowest BCUT2D eigenvalue weighted by molar-refractivity contribution is 0.366. The zero-order chi connectivity index (χ0) is 30.8. The largest absolute Gasteiger partial charge is 0.385 e. The second-order valence-corrected chi connectivity index (χ2v) is 10.5. The first-order valence-electron chi connectivity index (χ1n) is 16.6. The molecule has 3 nitrogen and oxygen atoms in total. The molecule has 0 aromatic rings. The molecule has 0 aromatic carbocycles. The highest BCUT2D eigenvalue weighted by Gasteiger charge is 2.26. The predicted molar refractivity (Wildman–Crippen MR) is 185 cm³/mol. The van der Waals surface area contributed by atoms with Gasteiger partial charge in [-0.25, -0.2) is 0 Å². The summed E-state index contributed by atoms with van der Waals surface area (Å²) in [4.78, 5) is 0. The fourth-order valence-corrected chi connectivity index (χ4v) is 3.89. The molecule has 1 aliphatic heterocycles. The van der Waals surface area contributed by atoms with Gasteiger partial charge < -0.3 is 16.0 Å². The van der Waals surface area contributed by atoms with Gasteiger partial charge in [0.25, 0.3) is 0 Å². The van der Waals surface area contributed by atoms with E-state index in [4.69, 9.17) is 0 Å².